The van der Waals surface area contributed by atoms with Gasteiger partial charge < -0.3 is 9.72 Å². The number of rotatable bonds is 2. The number of nitrogens with zero attached hydrogens (tertiary/aromatic N) is 3. The van der Waals surface area contributed by atoms with Crippen molar-refractivity contribution in [3.8, 4) is 17.1 Å². The van der Waals surface area contributed by atoms with Crippen molar-refractivity contribution in [2.45, 2.75) is 0 Å². The molecule has 3 aromatic heterocycles. The van der Waals surface area contributed by atoms with Crippen LogP contribution in [0.1, 0.15) is 0 Å². The third-order valence-corrected chi connectivity index (χ3v) is 2.54. The first-order valence-corrected chi connectivity index (χ1v) is 5.16. The van der Waals surface area contributed by atoms with Crippen LogP contribution in [-0.2, 0) is 0 Å². The molecule has 0 radical (unpaired) electrons. The molecule has 0 amide bonds. The van der Waals surface area contributed by atoms with Crippen LogP contribution < -0.4 is 4.74 Å². The number of methoxy groups -OCH3 is 1. The third kappa shape index (κ3) is 1.61. The largest absolute Gasteiger partial charge is 0.494 e. The van der Waals surface area contributed by atoms with E-state index in [0.29, 0.717) is 5.75 Å². The van der Waals surface area contributed by atoms with E-state index in [1.165, 1.54) is 0 Å². The van der Waals surface area contributed by atoms with E-state index in [1.54, 1.807) is 31.9 Å². The van der Waals surface area contributed by atoms with Gasteiger partial charge in [-0.25, -0.2) is 4.98 Å². The Balaban J connectivity index is 2.20. The van der Waals surface area contributed by atoms with Crippen LogP contribution in [0.4, 0.5) is 0 Å². The molecule has 0 saturated carbocycles. The zero-order valence-electron chi connectivity index (χ0n) is 9.21. The summed E-state index contributed by atoms with van der Waals surface area (Å²) in [6.45, 7) is 0. The van der Waals surface area contributed by atoms with Crippen LogP contribution in [-0.4, -0.2) is 27.0 Å². The molecule has 0 spiro atoms. The summed E-state index contributed by atoms with van der Waals surface area (Å²) < 4.78 is 5.26. The molecule has 84 valence electrons. The van der Waals surface area contributed by atoms with Crippen molar-refractivity contribution in [3.05, 3.63) is 36.9 Å². The van der Waals surface area contributed by atoms with Gasteiger partial charge in [-0.2, -0.15) is 0 Å². The van der Waals surface area contributed by atoms with Crippen LogP contribution in [0.15, 0.2) is 36.9 Å². The first-order valence-electron chi connectivity index (χ1n) is 5.16. The van der Waals surface area contributed by atoms with Crippen molar-refractivity contribution in [3.63, 3.8) is 0 Å². The summed E-state index contributed by atoms with van der Waals surface area (Å²) in [5.41, 5.74) is 2.67. The van der Waals surface area contributed by atoms with Gasteiger partial charge in [0.2, 0.25) is 0 Å². The molecular weight excluding hydrogens is 216 g/mol. The fourth-order valence-corrected chi connectivity index (χ4v) is 1.72. The Hall–Kier alpha value is -2.43. The van der Waals surface area contributed by atoms with E-state index < -0.39 is 0 Å². The molecule has 0 aliphatic carbocycles. The van der Waals surface area contributed by atoms with Crippen LogP contribution in [0, 0.1) is 0 Å². The van der Waals surface area contributed by atoms with Crippen molar-refractivity contribution in [1.82, 2.24) is 19.9 Å². The summed E-state index contributed by atoms with van der Waals surface area (Å²) in [4.78, 5) is 15.8. The lowest BCUT2D eigenvalue weighted by molar-refractivity contribution is 0.414. The summed E-state index contributed by atoms with van der Waals surface area (Å²) in [7, 11) is 1.62. The average molecular weight is 226 g/mol. The Morgan fingerprint density at radius 3 is 2.76 bits per heavy atom. The maximum Gasteiger partial charge on any atom is 0.148 e. The number of ether oxygens (including phenoxy) is 1. The van der Waals surface area contributed by atoms with Crippen molar-refractivity contribution < 1.29 is 4.74 Å². The molecule has 1 N–H and O–H groups in total. The Labute approximate surface area is 97.5 Å². The summed E-state index contributed by atoms with van der Waals surface area (Å²) in [6.07, 6.45) is 6.85. The minimum absolute atomic E-state index is 0.694. The molecule has 0 aliphatic rings. The van der Waals surface area contributed by atoms with E-state index in [9.17, 15) is 0 Å². The van der Waals surface area contributed by atoms with Gasteiger partial charge in [0, 0.05) is 12.4 Å². The molecule has 0 fully saturated rings. The Morgan fingerprint density at radius 2 is 1.94 bits per heavy atom. The predicted octanol–water partition coefficient (Wildman–Crippen LogP) is 2.03. The van der Waals surface area contributed by atoms with Gasteiger partial charge >= 0.3 is 0 Å². The smallest absolute Gasteiger partial charge is 0.148 e. The number of nitrogens with one attached hydrogen (secondary N) is 1. The second kappa shape index (κ2) is 3.86. The molecule has 0 bridgehead atoms. The Kier molecular flexibility index (Phi) is 2.22. The van der Waals surface area contributed by atoms with Crippen LogP contribution >= 0.6 is 0 Å². The third-order valence-electron chi connectivity index (χ3n) is 2.54. The highest BCUT2D eigenvalue weighted by Crippen LogP contribution is 2.27. The lowest BCUT2D eigenvalue weighted by atomic mass is 10.2. The van der Waals surface area contributed by atoms with Gasteiger partial charge in [0.25, 0.3) is 0 Å². The molecule has 0 aromatic carbocycles. The minimum Gasteiger partial charge on any atom is -0.494 e. The van der Waals surface area contributed by atoms with E-state index in [-0.39, 0.29) is 0 Å². The quantitative estimate of drug-likeness (QED) is 0.726. The average Bonchev–Trinajstić information content (AvgIpc) is 2.82. The molecule has 3 rings (SSSR count). The van der Waals surface area contributed by atoms with Gasteiger partial charge in [0.1, 0.15) is 11.6 Å². The van der Waals surface area contributed by atoms with Crippen molar-refractivity contribution in [1.29, 1.82) is 0 Å². The molecular formula is C12H10N4O. The molecule has 0 saturated heterocycles. The fourth-order valence-electron chi connectivity index (χ4n) is 1.72. The molecule has 0 aliphatic heterocycles. The Morgan fingerprint density at radius 1 is 1.12 bits per heavy atom. The van der Waals surface area contributed by atoms with Gasteiger partial charge in [-0.1, -0.05) is 0 Å². The standard InChI is InChI=1S/C12H10N4O/c1-17-11-7-14-4-2-8(11)12-15-9-3-5-13-6-10(9)16-12/h2-7H,1H3,(H,15,16). The molecule has 0 atom stereocenters. The summed E-state index contributed by atoms with van der Waals surface area (Å²) in [6, 6.07) is 3.73. The van der Waals surface area contributed by atoms with E-state index in [1.807, 2.05) is 12.1 Å². The second-order valence-corrected chi connectivity index (χ2v) is 3.55. The van der Waals surface area contributed by atoms with Crippen LogP contribution in [0.5, 0.6) is 5.75 Å². The zero-order valence-corrected chi connectivity index (χ0v) is 9.21. The van der Waals surface area contributed by atoms with Crippen molar-refractivity contribution in [2.75, 3.05) is 7.11 Å². The fraction of sp³-hybridized carbons (Fsp3) is 0.0833. The highest BCUT2D eigenvalue weighted by molar-refractivity contribution is 5.79. The molecule has 3 aromatic rings. The highest BCUT2D eigenvalue weighted by Gasteiger charge is 2.09. The van der Waals surface area contributed by atoms with Gasteiger partial charge in [0.15, 0.2) is 0 Å². The maximum atomic E-state index is 5.26. The van der Waals surface area contributed by atoms with E-state index in [4.69, 9.17) is 4.74 Å². The lowest BCUT2D eigenvalue weighted by Gasteiger charge is -2.03. The van der Waals surface area contributed by atoms with Gasteiger partial charge in [-0.3, -0.25) is 9.97 Å². The number of imidazole rings is 1. The zero-order chi connectivity index (χ0) is 11.7. The number of aromatic amines is 1. The Bertz CT molecular complexity index is 629. The number of aromatic nitrogens is 4. The first-order chi connectivity index (χ1) is 8.38. The number of H-pyrrole nitrogens is 1. The van der Waals surface area contributed by atoms with Crippen molar-refractivity contribution >= 4 is 11.0 Å². The second-order valence-electron chi connectivity index (χ2n) is 3.55. The van der Waals surface area contributed by atoms with Crippen LogP contribution in [0.3, 0.4) is 0 Å². The van der Waals surface area contributed by atoms with Crippen molar-refractivity contribution in [2.24, 2.45) is 0 Å². The molecule has 5 nitrogen and oxygen atoms in total. The lowest BCUT2D eigenvalue weighted by Crippen LogP contribution is -1.89. The molecule has 3 heterocycles. The van der Waals surface area contributed by atoms with Crippen LogP contribution in [0.2, 0.25) is 0 Å². The molecule has 0 unspecified atom stereocenters. The first kappa shape index (κ1) is 9.77. The summed E-state index contributed by atoms with van der Waals surface area (Å²) >= 11 is 0. The maximum absolute atomic E-state index is 5.26. The number of hydrogen-bond acceptors (Lipinski definition) is 4. The number of pyridine rings is 2. The predicted molar refractivity (Wildman–Crippen MR) is 63.7 cm³/mol. The number of hydrogen-bond donors (Lipinski definition) is 1. The van der Waals surface area contributed by atoms with Gasteiger partial charge in [-0.15, -0.1) is 0 Å². The number of fused-ring (bicyclic) bond motifs is 1. The van der Waals surface area contributed by atoms with Gasteiger partial charge in [-0.05, 0) is 12.1 Å². The van der Waals surface area contributed by atoms with Crippen LogP contribution in [0.25, 0.3) is 22.4 Å². The van der Waals surface area contributed by atoms with E-state index in [2.05, 4.69) is 19.9 Å². The summed E-state index contributed by atoms with van der Waals surface area (Å²) in [5, 5.41) is 0. The monoisotopic (exact) mass is 226 g/mol. The highest BCUT2D eigenvalue weighted by atomic mass is 16.5. The van der Waals surface area contributed by atoms with Gasteiger partial charge in [0.05, 0.1) is 36.1 Å². The topological polar surface area (TPSA) is 63.7 Å². The SMILES string of the molecule is COc1cnccc1-c1nc2ccncc2[nH]1. The minimum atomic E-state index is 0.694. The molecule has 5 heteroatoms. The summed E-state index contributed by atoms with van der Waals surface area (Å²) in [5.74, 6) is 1.45. The normalized spacial score (nSPS) is 10.6. The molecule has 17 heavy (non-hydrogen) atoms. The van der Waals surface area contributed by atoms with E-state index in [0.717, 1.165) is 22.4 Å². The van der Waals surface area contributed by atoms with E-state index >= 15 is 0 Å².